The van der Waals surface area contributed by atoms with Gasteiger partial charge in [0.15, 0.2) is 23.0 Å². The Kier molecular flexibility index (Phi) is 21.8. The van der Waals surface area contributed by atoms with E-state index in [1.807, 2.05) is 36.4 Å². The third-order valence-electron chi connectivity index (χ3n) is 6.58. The van der Waals surface area contributed by atoms with E-state index < -0.39 is 0 Å². The van der Waals surface area contributed by atoms with E-state index in [0.717, 1.165) is 11.1 Å². The van der Waals surface area contributed by atoms with Gasteiger partial charge in [-0.2, -0.15) is 0 Å². The minimum Gasteiger partial charge on any atom is -0.487 e. The highest BCUT2D eigenvalue weighted by atomic mass is 16.6. The van der Waals surface area contributed by atoms with Crippen LogP contribution in [0.15, 0.2) is 49.6 Å². The monoisotopic (exact) mass is 676 g/mol. The zero-order chi connectivity index (χ0) is 33.7. The van der Waals surface area contributed by atoms with Crippen LogP contribution in [-0.4, -0.2) is 132 Å². The van der Waals surface area contributed by atoms with Gasteiger partial charge in [-0.05, 0) is 35.4 Å². The lowest BCUT2D eigenvalue weighted by molar-refractivity contribution is -0.00841. The minimum absolute atomic E-state index is 0.367. The minimum atomic E-state index is 0.367. The molecule has 0 aromatic heterocycles. The third-order valence-corrected chi connectivity index (χ3v) is 6.58. The Morgan fingerprint density at radius 3 is 0.792 bits per heavy atom. The molecule has 12 heteroatoms. The lowest BCUT2D eigenvalue weighted by Gasteiger charge is -2.14. The van der Waals surface area contributed by atoms with E-state index in [2.05, 4.69) is 13.2 Å². The first kappa shape index (κ1) is 39.2. The highest BCUT2D eigenvalue weighted by Crippen LogP contribution is 2.30. The van der Waals surface area contributed by atoms with Crippen molar-refractivity contribution in [2.45, 2.75) is 0 Å². The van der Waals surface area contributed by atoms with E-state index in [-0.39, 0.29) is 0 Å². The van der Waals surface area contributed by atoms with Gasteiger partial charge in [0.2, 0.25) is 0 Å². The van der Waals surface area contributed by atoms with Crippen molar-refractivity contribution in [1.82, 2.24) is 0 Å². The predicted octanol–water partition coefficient (Wildman–Crippen LogP) is 4.33. The van der Waals surface area contributed by atoms with Gasteiger partial charge in [0, 0.05) is 0 Å². The summed E-state index contributed by atoms with van der Waals surface area (Å²) < 4.78 is 68.4. The lowest BCUT2D eigenvalue weighted by Crippen LogP contribution is -2.16. The van der Waals surface area contributed by atoms with Crippen LogP contribution >= 0.6 is 0 Å². The second-order valence-electron chi connectivity index (χ2n) is 10.1. The smallest absolute Gasteiger partial charge is 0.161 e. The first-order valence-corrected chi connectivity index (χ1v) is 16.5. The molecule has 12 nitrogen and oxygen atoms in total. The van der Waals surface area contributed by atoms with Crippen molar-refractivity contribution in [3.8, 4) is 23.0 Å². The summed E-state index contributed by atoms with van der Waals surface area (Å²) in [6, 6.07) is 11.3. The van der Waals surface area contributed by atoms with Crippen molar-refractivity contribution < 1.29 is 56.8 Å². The molecule has 48 heavy (non-hydrogen) atoms. The van der Waals surface area contributed by atoms with Crippen LogP contribution < -0.4 is 18.9 Å². The molecule has 2 aromatic rings. The van der Waals surface area contributed by atoms with Crippen molar-refractivity contribution in [2.24, 2.45) is 0 Å². The molecule has 0 bridgehead atoms. The van der Waals surface area contributed by atoms with Crippen LogP contribution in [0.4, 0.5) is 0 Å². The Balaban J connectivity index is 1.38. The number of hydrogen-bond acceptors (Lipinski definition) is 12. The molecule has 0 unspecified atom stereocenters. The second kappa shape index (κ2) is 26.7. The molecule has 1 aliphatic rings. The highest BCUT2D eigenvalue weighted by Gasteiger charge is 2.08. The molecule has 0 radical (unpaired) electrons. The van der Waals surface area contributed by atoms with E-state index in [9.17, 15) is 0 Å². The number of fused-ring (bicyclic) bond motifs is 2. The third kappa shape index (κ3) is 17.8. The molecule has 0 amide bonds. The van der Waals surface area contributed by atoms with Gasteiger partial charge >= 0.3 is 0 Å². The van der Waals surface area contributed by atoms with Crippen molar-refractivity contribution in [3.05, 3.63) is 60.7 Å². The van der Waals surface area contributed by atoms with Gasteiger partial charge in [0.25, 0.3) is 0 Å². The van der Waals surface area contributed by atoms with Crippen LogP contribution in [0.2, 0.25) is 0 Å². The van der Waals surface area contributed by atoms with Crippen LogP contribution in [0, 0.1) is 0 Å². The van der Waals surface area contributed by atoms with E-state index in [1.54, 1.807) is 12.2 Å². The fourth-order valence-electron chi connectivity index (χ4n) is 4.13. The van der Waals surface area contributed by atoms with E-state index >= 15 is 0 Å². The number of rotatable bonds is 2. The molecule has 0 atom stereocenters. The summed E-state index contributed by atoms with van der Waals surface area (Å²) in [5, 5.41) is 0. The van der Waals surface area contributed by atoms with E-state index in [4.69, 9.17) is 56.8 Å². The summed E-state index contributed by atoms with van der Waals surface area (Å²) in [6.07, 6.45) is 3.52. The van der Waals surface area contributed by atoms with Gasteiger partial charge in [-0.1, -0.05) is 37.4 Å². The number of ether oxygens (including phenoxy) is 12. The molecule has 1 aliphatic heterocycles. The molecule has 3 rings (SSSR count). The molecular formula is C36H52O12. The zero-order valence-electron chi connectivity index (χ0n) is 28.1. The van der Waals surface area contributed by atoms with Gasteiger partial charge in [-0.25, -0.2) is 0 Å². The van der Waals surface area contributed by atoms with Crippen LogP contribution in [0.1, 0.15) is 11.1 Å². The normalized spacial score (nSPS) is 19.0. The average Bonchev–Trinajstić information content (AvgIpc) is 3.11. The van der Waals surface area contributed by atoms with Gasteiger partial charge in [-0.15, -0.1) is 0 Å². The van der Waals surface area contributed by atoms with Gasteiger partial charge in [0.05, 0.1) is 106 Å². The van der Waals surface area contributed by atoms with Crippen molar-refractivity contribution in [3.63, 3.8) is 0 Å². The van der Waals surface area contributed by atoms with Gasteiger partial charge < -0.3 is 56.8 Å². The maximum Gasteiger partial charge on any atom is 0.161 e. The molecule has 2 aromatic carbocycles. The van der Waals surface area contributed by atoms with Crippen molar-refractivity contribution >= 4 is 12.2 Å². The summed E-state index contributed by atoms with van der Waals surface area (Å²) >= 11 is 0. The van der Waals surface area contributed by atoms with E-state index in [0.29, 0.717) is 155 Å². The SMILES string of the molecule is C=Cc1ccc2c(c1)OCCOCCOCCOCCOCCOc1cc(C=C)ccc1OCCOCCOCCOCCOCCO2. The van der Waals surface area contributed by atoms with Crippen LogP contribution in [-0.2, 0) is 37.9 Å². The molecule has 0 fully saturated rings. The van der Waals surface area contributed by atoms with E-state index in [1.165, 1.54) is 0 Å². The summed E-state index contributed by atoms with van der Waals surface area (Å²) in [4.78, 5) is 0. The summed E-state index contributed by atoms with van der Waals surface area (Å²) in [5.74, 6) is 2.51. The Morgan fingerprint density at radius 2 is 0.542 bits per heavy atom. The maximum atomic E-state index is 5.92. The second-order valence-corrected chi connectivity index (χ2v) is 10.1. The Morgan fingerprint density at radius 1 is 0.312 bits per heavy atom. The predicted molar refractivity (Wildman–Crippen MR) is 182 cm³/mol. The first-order valence-electron chi connectivity index (χ1n) is 16.5. The zero-order valence-corrected chi connectivity index (χ0v) is 28.1. The largest absolute Gasteiger partial charge is 0.487 e. The fraction of sp³-hybridized carbons (Fsp3) is 0.556. The standard InChI is InChI=1S/C36H52O12/c1-3-31-5-7-33-35(29-31)47-27-23-43-19-15-39-11-12-40-16-20-44-24-28-48-36-30-32(4-2)6-8-34(36)46-26-22-42-18-14-38-10-9-37-13-17-41-21-25-45-33/h3-8,29-30H,1-2,9-28H2. The quantitative estimate of drug-likeness (QED) is 0.452. The Hall–Kier alpha value is -3.20. The number of hydrogen-bond donors (Lipinski definition) is 0. The van der Waals surface area contributed by atoms with Crippen LogP contribution in [0.3, 0.4) is 0 Å². The van der Waals surface area contributed by atoms with Crippen LogP contribution in [0.5, 0.6) is 23.0 Å². The molecule has 0 saturated heterocycles. The molecular weight excluding hydrogens is 624 g/mol. The first-order chi connectivity index (χ1) is 23.8. The number of benzene rings is 2. The lowest BCUT2D eigenvalue weighted by atomic mass is 10.2. The molecule has 268 valence electrons. The Labute approximate surface area is 284 Å². The summed E-state index contributed by atoms with van der Waals surface area (Å²) in [7, 11) is 0. The molecule has 0 N–H and O–H groups in total. The fourth-order valence-corrected chi connectivity index (χ4v) is 4.13. The van der Waals surface area contributed by atoms with Gasteiger partial charge in [-0.3, -0.25) is 0 Å². The van der Waals surface area contributed by atoms with Crippen molar-refractivity contribution in [1.29, 1.82) is 0 Å². The van der Waals surface area contributed by atoms with Gasteiger partial charge in [0.1, 0.15) is 26.4 Å². The average molecular weight is 677 g/mol. The summed E-state index contributed by atoms with van der Waals surface area (Å²) in [6.45, 7) is 16.3. The van der Waals surface area contributed by atoms with Crippen molar-refractivity contribution in [2.75, 3.05) is 132 Å². The van der Waals surface area contributed by atoms with Crippen LogP contribution in [0.25, 0.3) is 12.2 Å². The molecule has 0 saturated carbocycles. The molecule has 0 aliphatic carbocycles. The topological polar surface area (TPSA) is 111 Å². The summed E-state index contributed by atoms with van der Waals surface area (Å²) in [5.41, 5.74) is 1.87. The molecule has 0 spiro atoms. The highest BCUT2D eigenvalue weighted by molar-refractivity contribution is 5.55. The maximum absolute atomic E-state index is 5.92. The molecule has 1 heterocycles. The Bertz CT molecular complexity index is 1040.